The Labute approximate surface area is 121 Å². The summed E-state index contributed by atoms with van der Waals surface area (Å²) in [5.74, 6) is -1.40. The van der Waals surface area contributed by atoms with Gasteiger partial charge in [-0.05, 0) is 11.6 Å². The van der Waals surface area contributed by atoms with Crippen molar-refractivity contribution in [1.82, 2.24) is 4.90 Å². The first-order chi connectivity index (χ1) is 9.90. The van der Waals surface area contributed by atoms with Crippen molar-refractivity contribution in [2.75, 3.05) is 25.0 Å². The number of likely N-dealkylation sites (N-methyl/N-ethyl adjacent to an activating group) is 1. The van der Waals surface area contributed by atoms with Gasteiger partial charge in [0.15, 0.2) is 0 Å². The SMILES string of the molecule is CN1CC(=O)N(c2ccccc2C(N)CC(=O)O)CC1=O. The van der Waals surface area contributed by atoms with Crippen molar-refractivity contribution in [3.8, 4) is 0 Å². The average Bonchev–Trinajstić information content (AvgIpc) is 2.42. The molecule has 1 aliphatic rings. The molecule has 0 saturated carbocycles. The molecular formula is C14H17N3O4. The summed E-state index contributed by atoms with van der Waals surface area (Å²) in [6, 6.07) is 6.07. The van der Waals surface area contributed by atoms with Gasteiger partial charge in [0.1, 0.15) is 6.54 Å². The highest BCUT2D eigenvalue weighted by molar-refractivity contribution is 6.04. The summed E-state index contributed by atoms with van der Waals surface area (Å²) in [4.78, 5) is 37.4. The number of carboxylic acids is 1. The Morgan fingerprint density at radius 1 is 1.29 bits per heavy atom. The number of rotatable bonds is 4. The molecule has 0 aromatic heterocycles. The molecule has 3 N–H and O–H groups in total. The molecular weight excluding hydrogens is 274 g/mol. The van der Waals surface area contributed by atoms with Crippen LogP contribution in [0.15, 0.2) is 24.3 Å². The molecule has 0 radical (unpaired) electrons. The summed E-state index contributed by atoms with van der Waals surface area (Å²) in [5, 5.41) is 8.85. The molecule has 1 heterocycles. The van der Waals surface area contributed by atoms with Gasteiger partial charge in [0.05, 0.1) is 13.0 Å². The number of amides is 2. The molecule has 0 spiro atoms. The largest absolute Gasteiger partial charge is 0.481 e. The maximum absolute atomic E-state index is 12.1. The molecule has 112 valence electrons. The van der Waals surface area contributed by atoms with Gasteiger partial charge >= 0.3 is 5.97 Å². The first kappa shape index (κ1) is 15.0. The molecule has 1 atom stereocenters. The summed E-state index contributed by atoms with van der Waals surface area (Å²) in [7, 11) is 1.57. The van der Waals surface area contributed by atoms with Crippen LogP contribution in [0.4, 0.5) is 5.69 Å². The maximum atomic E-state index is 12.1. The van der Waals surface area contributed by atoms with Crippen molar-refractivity contribution >= 4 is 23.5 Å². The smallest absolute Gasteiger partial charge is 0.305 e. The van der Waals surface area contributed by atoms with E-state index in [1.54, 1.807) is 31.3 Å². The lowest BCUT2D eigenvalue weighted by molar-refractivity contribution is -0.137. The average molecular weight is 291 g/mol. The highest BCUT2D eigenvalue weighted by Gasteiger charge is 2.30. The van der Waals surface area contributed by atoms with Crippen LogP contribution in [0.25, 0.3) is 0 Å². The van der Waals surface area contributed by atoms with Gasteiger partial charge in [-0.15, -0.1) is 0 Å². The van der Waals surface area contributed by atoms with E-state index in [1.165, 1.54) is 9.80 Å². The van der Waals surface area contributed by atoms with E-state index in [4.69, 9.17) is 10.8 Å². The van der Waals surface area contributed by atoms with Crippen LogP contribution in [0.5, 0.6) is 0 Å². The van der Waals surface area contributed by atoms with Crippen LogP contribution in [0, 0.1) is 0 Å². The van der Waals surface area contributed by atoms with Gasteiger partial charge in [0.2, 0.25) is 11.8 Å². The van der Waals surface area contributed by atoms with Crippen molar-refractivity contribution in [3.63, 3.8) is 0 Å². The van der Waals surface area contributed by atoms with E-state index in [0.717, 1.165) is 0 Å². The Balaban J connectivity index is 2.33. The Morgan fingerprint density at radius 3 is 2.62 bits per heavy atom. The Hall–Kier alpha value is -2.41. The van der Waals surface area contributed by atoms with E-state index in [2.05, 4.69) is 0 Å². The maximum Gasteiger partial charge on any atom is 0.305 e. The molecule has 1 aliphatic heterocycles. The topological polar surface area (TPSA) is 104 Å². The predicted octanol–water partition coefficient (Wildman–Crippen LogP) is -0.0339. The first-order valence-electron chi connectivity index (χ1n) is 6.50. The van der Waals surface area contributed by atoms with E-state index in [0.29, 0.717) is 11.3 Å². The summed E-state index contributed by atoms with van der Waals surface area (Å²) < 4.78 is 0. The highest BCUT2D eigenvalue weighted by Crippen LogP contribution is 2.28. The van der Waals surface area contributed by atoms with Crippen molar-refractivity contribution in [2.45, 2.75) is 12.5 Å². The number of nitrogens with two attached hydrogens (primary N) is 1. The number of piperazine rings is 1. The molecule has 2 amide bonds. The van der Waals surface area contributed by atoms with Crippen molar-refractivity contribution in [2.24, 2.45) is 5.73 Å². The Morgan fingerprint density at radius 2 is 1.95 bits per heavy atom. The minimum Gasteiger partial charge on any atom is -0.481 e. The molecule has 1 saturated heterocycles. The zero-order chi connectivity index (χ0) is 15.6. The van der Waals surface area contributed by atoms with Crippen LogP contribution in [-0.4, -0.2) is 47.9 Å². The van der Waals surface area contributed by atoms with Gasteiger partial charge < -0.3 is 20.6 Å². The van der Waals surface area contributed by atoms with Crippen molar-refractivity contribution < 1.29 is 19.5 Å². The fourth-order valence-corrected chi connectivity index (χ4v) is 2.29. The summed E-state index contributed by atoms with van der Waals surface area (Å²) in [6.45, 7) is -0.0620. The second-order valence-corrected chi connectivity index (χ2v) is 4.99. The molecule has 21 heavy (non-hydrogen) atoms. The van der Waals surface area contributed by atoms with Gasteiger partial charge in [0.25, 0.3) is 0 Å². The van der Waals surface area contributed by atoms with Gasteiger partial charge in [-0.1, -0.05) is 18.2 Å². The van der Waals surface area contributed by atoms with E-state index in [9.17, 15) is 14.4 Å². The second-order valence-electron chi connectivity index (χ2n) is 4.99. The number of anilines is 1. The number of benzene rings is 1. The number of carboxylic acid groups (broad SMARTS) is 1. The van der Waals surface area contributed by atoms with Crippen molar-refractivity contribution in [3.05, 3.63) is 29.8 Å². The molecule has 0 aliphatic carbocycles. The van der Waals surface area contributed by atoms with Gasteiger partial charge in [-0.25, -0.2) is 0 Å². The van der Waals surface area contributed by atoms with E-state index >= 15 is 0 Å². The monoisotopic (exact) mass is 291 g/mol. The zero-order valence-electron chi connectivity index (χ0n) is 11.7. The number of nitrogens with zero attached hydrogens (tertiary/aromatic N) is 2. The van der Waals surface area contributed by atoms with E-state index in [1.807, 2.05) is 0 Å². The summed E-state index contributed by atoms with van der Waals surface area (Å²) in [6.07, 6.45) is -0.243. The highest BCUT2D eigenvalue weighted by atomic mass is 16.4. The minimum absolute atomic E-state index is 0.00133. The van der Waals surface area contributed by atoms with Gasteiger partial charge in [-0.3, -0.25) is 14.4 Å². The van der Waals surface area contributed by atoms with Gasteiger partial charge in [-0.2, -0.15) is 0 Å². The quantitative estimate of drug-likeness (QED) is 0.810. The molecule has 7 nitrogen and oxygen atoms in total. The zero-order valence-corrected chi connectivity index (χ0v) is 11.7. The van der Waals surface area contributed by atoms with Crippen molar-refractivity contribution in [1.29, 1.82) is 0 Å². The summed E-state index contributed by atoms with van der Waals surface area (Å²) >= 11 is 0. The standard InChI is InChI=1S/C14H17N3O4/c1-16-7-13(19)17(8-12(16)18)11-5-3-2-4-9(11)10(15)6-14(20)21/h2-5,10H,6-8,15H2,1H3,(H,20,21). The first-order valence-corrected chi connectivity index (χ1v) is 6.50. The second kappa shape index (κ2) is 5.92. The lowest BCUT2D eigenvalue weighted by Crippen LogP contribution is -2.52. The number of hydrogen-bond donors (Lipinski definition) is 2. The Bertz CT molecular complexity index is 587. The molecule has 0 bridgehead atoms. The number of carbonyl (C=O) groups excluding carboxylic acids is 2. The molecule has 1 fully saturated rings. The number of hydrogen-bond acceptors (Lipinski definition) is 4. The predicted molar refractivity (Wildman–Crippen MR) is 75.6 cm³/mol. The van der Waals surface area contributed by atoms with Crippen LogP contribution in [0.2, 0.25) is 0 Å². The molecule has 1 aromatic rings. The van der Waals surface area contributed by atoms with Gasteiger partial charge in [0, 0.05) is 18.8 Å². The minimum atomic E-state index is -1.02. The third kappa shape index (κ3) is 3.19. The Kier molecular flexibility index (Phi) is 4.23. The van der Waals surface area contributed by atoms with Crippen LogP contribution in [0.3, 0.4) is 0 Å². The van der Waals surface area contributed by atoms with E-state index < -0.39 is 12.0 Å². The van der Waals surface area contributed by atoms with Crippen LogP contribution in [-0.2, 0) is 14.4 Å². The third-order valence-electron chi connectivity index (χ3n) is 3.41. The fourth-order valence-electron chi connectivity index (χ4n) is 2.29. The molecule has 1 unspecified atom stereocenters. The van der Waals surface area contributed by atoms with Crippen LogP contribution in [0.1, 0.15) is 18.0 Å². The number of aliphatic carboxylic acids is 1. The molecule has 1 aromatic carbocycles. The number of para-hydroxylation sites is 1. The third-order valence-corrected chi connectivity index (χ3v) is 3.41. The lowest BCUT2D eigenvalue weighted by atomic mass is 10.0. The normalized spacial score (nSPS) is 17.0. The van der Waals surface area contributed by atoms with Crippen LogP contribution >= 0.6 is 0 Å². The number of carbonyl (C=O) groups is 3. The lowest BCUT2D eigenvalue weighted by Gasteiger charge is -2.33. The summed E-state index contributed by atoms with van der Waals surface area (Å²) in [5.41, 5.74) is 6.94. The van der Waals surface area contributed by atoms with E-state index in [-0.39, 0.29) is 31.3 Å². The molecule has 7 heteroatoms. The molecule has 2 rings (SSSR count). The van der Waals surface area contributed by atoms with Crippen LogP contribution < -0.4 is 10.6 Å². The fraction of sp³-hybridized carbons (Fsp3) is 0.357.